The minimum absolute atomic E-state index is 0.153. The molecule has 0 radical (unpaired) electrons. The SMILES string of the molecule is CNCC1(C(N)CCO)CCCCC1. The molecule has 0 heterocycles. The predicted octanol–water partition coefficient (Wildman–Crippen LogP) is 0.866. The van der Waals surface area contributed by atoms with E-state index < -0.39 is 0 Å². The molecule has 3 heteroatoms. The molecule has 1 saturated carbocycles. The fourth-order valence-corrected chi connectivity index (χ4v) is 2.73. The zero-order chi connectivity index (χ0) is 10.4. The van der Waals surface area contributed by atoms with Crippen LogP contribution < -0.4 is 11.1 Å². The maximum absolute atomic E-state index is 8.95. The number of hydrogen-bond acceptors (Lipinski definition) is 3. The van der Waals surface area contributed by atoms with E-state index in [1.54, 1.807) is 0 Å². The van der Waals surface area contributed by atoms with Crippen molar-refractivity contribution in [1.29, 1.82) is 0 Å². The first kappa shape index (κ1) is 12.0. The van der Waals surface area contributed by atoms with E-state index >= 15 is 0 Å². The minimum atomic E-state index is 0.153. The molecule has 0 spiro atoms. The summed E-state index contributed by atoms with van der Waals surface area (Å²) >= 11 is 0. The molecule has 84 valence electrons. The summed E-state index contributed by atoms with van der Waals surface area (Å²) in [6.07, 6.45) is 7.10. The topological polar surface area (TPSA) is 58.3 Å². The van der Waals surface area contributed by atoms with Gasteiger partial charge in [-0.1, -0.05) is 19.3 Å². The Bertz CT molecular complexity index is 150. The molecule has 4 N–H and O–H groups in total. The third kappa shape index (κ3) is 2.69. The molecular weight excluding hydrogens is 176 g/mol. The Kier molecular flexibility index (Phi) is 4.85. The van der Waals surface area contributed by atoms with Gasteiger partial charge in [-0.05, 0) is 31.7 Å². The highest BCUT2D eigenvalue weighted by Gasteiger charge is 2.36. The Labute approximate surface area is 87.1 Å². The number of aliphatic hydroxyl groups excluding tert-OH is 1. The van der Waals surface area contributed by atoms with E-state index in [0.717, 1.165) is 13.0 Å². The summed E-state index contributed by atoms with van der Waals surface area (Å²) < 4.78 is 0. The lowest BCUT2D eigenvalue weighted by molar-refractivity contribution is 0.122. The lowest BCUT2D eigenvalue weighted by Gasteiger charge is -2.42. The van der Waals surface area contributed by atoms with E-state index in [-0.39, 0.29) is 18.1 Å². The molecule has 3 nitrogen and oxygen atoms in total. The third-order valence-electron chi connectivity index (χ3n) is 3.60. The normalized spacial score (nSPS) is 23.4. The van der Waals surface area contributed by atoms with Crippen molar-refractivity contribution in [3.8, 4) is 0 Å². The Hall–Kier alpha value is -0.120. The second-order valence-electron chi connectivity index (χ2n) is 4.57. The van der Waals surface area contributed by atoms with Gasteiger partial charge in [-0.3, -0.25) is 0 Å². The van der Waals surface area contributed by atoms with E-state index in [1.807, 2.05) is 7.05 Å². The lowest BCUT2D eigenvalue weighted by atomic mass is 9.68. The first-order valence-corrected chi connectivity index (χ1v) is 5.76. The Morgan fingerprint density at radius 3 is 2.50 bits per heavy atom. The molecule has 0 aromatic rings. The molecule has 14 heavy (non-hydrogen) atoms. The minimum Gasteiger partial charge on any atom is -0.396 e. The van der Waals surface area contributed by atoms with Crippen LogP contribution in [0.5, 0.6) is 0 Å². The van der Waals surface area contributed by atoms with Crippen LogP contribution in [0.15, 0.2) is 0 Å². The fraction of sp³-hybridized carbons (Fsp3) is 1.00. The second-order valence-corrected chi connectivity index (χ2v) is 4.57. The summed E-state index contributed by atoms with van der Waals surface area (Å²) in [6.45, 7) is 1.21. The van der Waals surface area contributed by atoms with Crippen LogP contribution in [0.3, 0.4) is 0 Å². The van der Waals surface area contributed by atoms with Crippen molar-refractivity contribution in [2.24, 2.45) is 11.1 Å². The van der Waals surface area contributed by atoms with Crippen molar-refractivity contribution in [2.75, 3.05) is 20.2 Å². The molecule has 1 aliphatic rings. The Balaban J connectivity index is 2.58. The molecule has 1 atom stereocenters. The largest absolute Gasteiger partial charge is 0.396 e. The van der Waals surface area contributed by atoms with Crippen LogP contribution in [0.4, 0.5) is 0 Å². The van der Waals surface area contributed by atoms with Gasteiger partial charge in [-0.25, -0.2) is 0 Å². The molecule has 0 amide bonds. The predicted molar refractivity (Wildman–Crippen MR) is 59.1 cm³/mol. The smallest absolute Gasteiger partial charge is 0.0446 e. The quantitative estimate of drug-likeness (QED) is 0.617. The summed E-state index contributed by atoms with van der Waals surface area (Å²) in [5.74, 6) is 0. The maximum atomic E-state index is 8.95. The summed E-state index contributed by atoms with van der Waals surface area (Å²) in [5, 5.41) is 12.2. The van der Waals surface area contributed by atoms with Crippen LogP contribution >= 0.6 is 0 Å². The van der Waals surface area contributed by atoms with Gasteiger partial charge >= 0.3 is 0 Å². The van der Waals surface area contributed by atoms with Gasteiger partial charge in [0.15, 0.2) is 0 Å². The van der Waals surface area contributed by atoms with Crippen molar-refractivity contribution in [3.05, 3.63) is 0 Å². The van der Waals surface area contributed by atoms with E-state index in [1.165, 1.54) is 32.1 Å². The van der Waals surface area contributed by atoms with Crippen molar-refractivity contribution >= 4 is 0 Å². The van der Waals surface area contributed by atoms with Gasteiger partial charge in [-0.15, -0.1) is 0 Å². The van der Waals surface area contributed by atoms with Gasteiger partial charge in [0.25, 0.3) is 0 Å². The van der Waals surface area contributed by atoms with Crippen LogP contribution in [0.25, 0.3) is 0 Å². The first-order valence-electron chi connectivity index (χ1n) is 5.76. The van der Waals surface area contributed by atoms with Crippen LogP contribution in [0.2, 0.25) is 0 Å². The Morgan fingerprint density at radius 1 is 1.36 bits per heavy atom. The van der Waals surface area contributed by atoms with E-state index in [9.17, 15) is 0 Å². The number of nitrogens with two attached hydrogens (primary N) is 1. The molecule has 1 fully saturated rings. The molecule has 0 aliphatic heterocycles. The maximum Gasteiger partial charge on any atom is 0.0446 e. The van der Waals surface area contributed by atoms with E-state index in [2.05, 4.69) is 5.32 Å². The van der Waals surface area contributed by atoms with Gasteiger partial charge < -0.3 is 16.2 Å². The third-order valence-corrected chi connectivity index (χ3v) is 3.60. The van der Waals surface area contributed by atoms with Crippen molar-refractivity contribution in [2.45, 2.75) is 44.6 Å². The van der Waals surface area contributed by atoms with Crippen molar-refractivity contribution in [3.63, 3.8) is 0 Å². The standard InChI is InChI=1S/C11H24N2O/c1-13-9-11(10(12)5-8-14)6-3-2-4-7-11/h10,13-14H,2-9,12H2,1H3. The number of hydrogen-bond donors (Lipinski definition) is 3. The van der Waals surface area contributed by atoms with Crippen LogP contribution in [-0.4, -0.2) is 31.3 Å². The van der Waals surface area contributed by atoms with Crippen molar-refractivity contribution in [1.82, 2.24) is 5.32 Å². The van der Waals surface area contributed by atoms with E-state index in [0.29, 0.717) is 0 Å². The monoisotopic (exact) mass is 200 g/mol. The molecule has 0 saturated heterocycles. The van der Waals surface area contributed by atoms with Gasteiger partial charge in [0, 0.05) is 19.2 Å². The van der Waals surface area contributed by atoms with Gasteiger partial charge in [0.05, 0.1) is 0 Å². The molecule has 0 aromatic carbocycles. The molecule has 1 rings (SSSR count). The summed E-state index contributed by atoms with van der Waals surface area (Å²) in [7, 11) is 1.99. The Morgan fingerprint density at radius 2 is 2.00 bits per heavy atom. The zero-order valence-electron chi connectivity index (χ0n) is 9.26. The van der Waals surface area contributed by atoms with Crippen LogP contribution in [0, 0.1) is 5.41 Å². The summed E-state index contributed by atoms with van der Waals surface area (Å²) in [5.41, 5.74) is 6.43. The van der Waals surface area contributed by atoms with Crippen LogP contribution in [0.1, 0.15) is 38.5 Å². The number of rotatable bonds is 5. The highest BCUT2D eigenvalue weighted by molar-refractivity contribution is 4.92. The summed E-state index contributed by atoms with van der Waals surface area (Å²) in [6, 6.07) is 0.153. The fourth-order valence-electron chi connectivity index (χ4n) is 2.73. The van der Waals surface area contributed by atoms with E-state index in [4.69, 9.17) is 10.8 Å². The lowest BCUT2D eigenvalue weighted by Crippen LogP contribution is -2.49. The summed E-state index contributed by atoms with van der Waals surface area (Å²) in [4.78, 5) is 0. The average molecular weight is 200 g/mol. The average Bonchev–Trinajstić information content (AvgIpc) is 2.20. The highest BCUT2D eigenvalue weighted by Crippen LogP contribution is 2.38. The molecule has 1 aliphatic carbocycles. The highest BCUT2D eigenvalue weighted by atomic mass is 16.3. The number of aliphatic hydroxyl groups is 1. The van der Waals surface area contributed by atoms with Gasteiger partial charge in [0.2, 0.25) is 0 Å². The first-order chi connectivity index (χ1) is 6.75. The van der Waals surface area contributed by atoms with Crippen molar-refractivity contribution < 1.29 is 5.11 Å². The number of nitrogens with one attached hydrogen (secondary N) is 1. The molecule has 0 aromatic heterocycles. The molecule has 1 unspecified atom stereocenters. The van der Waals surface area contributed by atoms with Gasteiger partial charge in [-0.2, -0.15) is 0 Å². The molecule has 0 bridgehead atoms. The van der Waals surface area contributed by atoms with Gasteiger partial charge in [0.1, 0.15) is 0 Å². The molecular formula is C11H24N2O. The van der Waals surface area contributed by atoms with Crippen LogP contribution in [-0.2, 0) is 0 Å². The second kappa shape index (κ2) is 5.69. The zero-order valence-corrected chi connectivity index (χ0v) is 9.26.